The van der Waals surface area contributed by atoms with Crippen LogP contribution in [0.4, 0.5) is 0 Å². The zero-order chi connectivity index (χ0) is 12.0. The van der Waals surface area contributed by atoms with Crippen molar-refractivity contribution in [2.24, 2.45) is 10.7 Å². The largest absolute Gasteiger partial charge is 0.369 e. The molecule has 0 amide bonds. The van der Waals surface area contributed by atoms with Crippen LogP contribution in [0.2, 0.25) is 10.0 Å². The number of nitriles is 1. The first-order valence-corrected chi connectivity index (χ1v) is 5.28. The highest BCUT2D eigenvalue weighted by Gasteiger charge is 1.99. The molecule has 0 aromatic heterocycles. The molecule has 0 atom stereocenters. The Hall–Kier alpha value is -1.44. The van der Waals surface area contributed by atoms with Crippen LogP contribution in [0.15, 0.2) is 23.2 Å². The lowest BCUT2D eigenvalue weighted by atomic mass is 10.1. The molecule has 0 saturated heterocycles. The van der Waals surface area contributed by atoms with Crippen molar-refractivity contribution < 1.29 is 0 Å². The van der Waals surface area contributed by atoms with Crippen LogP contribution in [-0.4, -0.2) is 12.5 Å². The van der Waals surface area contributed by atoms with Gasteiger partial charge in [0.25, 0.3) is 0 Å². The summed E-state index contributed by atoms with van der Waals surface area (Å²) in [5.41, 5.74) is 6.39. The fraction of sp³-hybridized carbons (Fsp3) is 0.200. The Bertz CT molecular complexity index is 437. The van der Waals surface area contributed by atoms with Gasteiger partial charge >= 0.3 is 0 Å². The summed E-state index contributed by atoms with van der Waals surface area (Å²) in [6, 6.07) is 5.39. The minimum atomic E-state index is 0.113. The van der Waals surface area contributed by atoms with Crippen LogP contribution in [0.25, 0.3) is 0 Å². The Kier molecular flexibility index (Phi) is 4.90. The first kappa shape index (κ1) is 12.6. The van der Waals surface area contributed by atoms with Gasteiger partial charge in [-0.05, 0) is 24.1 Å². The molecule has 0 radical (unpaired) electrons. The molecule has 6 heteroatoms. The molecule has 84 valence electrons. The summed E-state index contributed by atoms with van der Waals surface area (Å²) >= 11 is 11.6. The average Bonchev–Trinajstić information content (AvgIpc) is 2.24. The highest BCUT2D eigenvalue weighted by Crippen LogP contribution is 2.22. The van der Waals surface area contributed by atoms with E-state index in [1.165, 1.54) is 0 Å². The summed E-state index contributed by atoms with van der Waals surface area (Å²) in [6.45, 7) is 0.485. The highest BCUT2D eigenvalue weighted by atomic mass is 35.5. The third-order valence-corrected chi connectivity index (χ3v) is 2.59. The van der Waals surface area contributed by atoms with Gasteiger partial charge in [0.2, 0.25) is 5.96 Å². The van der Waals surface area contributed by atoms with Crippen LogP contribution in [0, 0.1) is 11.5 Å². The molecular formula is C10H10Cl2N4. The number of halogens is 2. The van der Waals surface area contributed by atoms with Gasteiger partial charge in [-0.25, -0.2) is 0 Å². The number of guanidine groups is 1. The molecule has 0 unspecified atom stereocenters. The molecule has 0 fully saturated rings. The topological polar surface area (TPSA) is 74.2 Å². The summed E-state index contributed by atoms with van der Waals surface area (Å²) < 4.78 is 0. The van der Waals surface area contributed by atoms with Gasteiger partial charge in [-0.3, -0.25) is 10.3 Å². The molecule has 1 aromatic carbocycles. The molecule has 3 N–H and O–H groups in total. The van der Waals surface area contributed by atoms with Gasteiger partial charge in [0.15, 0.2) is 6.19 Å². The van der Waals surface area contributed by atoms with Gasteiger partial charge in [-0.1, -0.05) is 29.3 Å². The average molecular weight is 257 g/mol. The van der Waals surface area contributed by atoms with E-state index in [1.807, 2.05) is 6.07 Å². The summed E-state index contributed by atoms with van der Waals surface area (Å²) in [5.74, 6) is 0.113. The van der Waals surface area contributed by atoms with E-state index in [4.69, 9.17) is 34.2 Å². The molecule has 0 spiro atoms. The number of rotatable bonds is 3. The predicted octanol–water partition coefficient (Wildman–Crippen LogP) is 1.92. The van der Waals surface area contributed by atoms with Crippen LogP contribution in [0.3, 0.4) is 0 Å². The fourth-order valence-electron chi connectivity index (χ4n) is 1.10. The second-order valence-electron chi connectivity index (χ2n) is 3.00. The maximum atomic E-state index is 8.27. The van der Waals surface area contributed by atoms with E-state index in [1.54, 1.807) is 18.3 Å². The van der Waals surface area contributed by atoms with Crippen molar-refractivity contribution in [2.45, 2.75) is 6.42 Å². The van der Waals surface area contributed by atoms with Gasteiger partial charge in [0, 0.05) is 6.54 Å². The first-order valence-electron chi connectivity index (χ1n) is 4.52. The third kappa shape index (κ3) is 3.97. The number of hydrogen-bond donors (Lipinski definition) is 2. The Balaban J connectivity index is 2.53. The van der Waals surface area contributed by atoms with E-state index in [0.29, 0.717) is 23.0 Å². The number of nitrogens with two attached hydrogens (primary N) is 1. The smallest absolute Gasteiger partial charge is 0.202 e. The van der Waals surface area contributed by atoms with Crippen LogP contribution in [-0.2, 0) is 6.42 Å². The lowest BCUT2D eigenvalue weighted by Crippen LogP contribution is -2.27. The molecule has 1 aromatic rings. The quantitative estimate of drug-likeness (QED) is 0.376. The van der Waals surface area contributed by atoms with Gasteiger partial charge < -0.3 is 5.73 Å². The van der Waals surface area contributed by atoms with Gasteiger partial charge in [0.1, 0.15) is 0 Å². The molecule has 0 heterocycles. The summed E-state index contributed by atoms with van der Waals surface area (Å²) in [5, 5.41) is 11.6. The van der Waals surface area contributed by atoms with Crippen molar-refractivity contribution >= 4 is 29.2 Å². The number of hydrogen-bond acceptors (Lipinski definition) is 2. The minimum absolute atomic E-state index is 0.113. The Morgan fingerprint density at radius 1 is 1.44 bits per heavy atom. The maximum Gasteiger partial charge on any atom is 0.202 e. The van der Waals surface area contributed by atoms with E-state index in [0.717, 1.165) is 5.56 Å². The lowest BCUT2D eigenvalue weighted by molar-refractivity contribution is 0.954. The van der Waals surface area contributed by atoms with Crippen LogP contribution >= 0.6 is 23.2 Å². The molecule has 0 aliphatic rings. The standard InChI is InChI=1S/C10H10Cl2N4/c11-8-2-1-7(5-9(8)12)3-4-15-10(14)16-6-13/h1-2,5H,3-4H2,(H3,14,15,16). The third-order valence-electron chi connectivity index (χ3n) is 1.85. The number of benzene rings is 1. The molecule has 1 rings (SSSR count). The minimum Gasteiger partial charge on any atom is -0.369 e. The summed E-state index contributed by atoms with van der Waals surface area (Å²) in [6.07, 6.45) is 2.37. The Morgan fingerprint density at radius 2 is 2.19 bits per heavy atom. The molecule has 0 aliphatic heterocycles. The molecule has 0 saturated carbocycles. The van der Waals surface area contributed by atoms with Crippen LogP contribution in [0.5, 0.6) is 0 Å². The van der Waals surface area contributed by atoms with Gasteiger partial charge in [-0.2, -0.15) is 5.26 Å². The van der Waals surface area contributed by atoms with Crippen molar-refractivity contribution in [1.82, 2.24) is 5.32 Å². The second-order valence-corrected chi connectivity index (χ2v) is 3.82. The second kappa shape index (κ2) is 6.21. The number of nitrogens with one attached hydrogen (secondary N) is 1. The van der Waals surface area contributed by atoms with E-state index in [9.17, 15) is 0 Å². The normalized spacial score (nSPS) is 10.9. The van der Waals surface area contributed by atoms with E-state index < -0.39 is 0 Å². The van der Waals surface area contributed by atoms with Crippen LogP contribution in [0.1, 0.15) is 5.56 Å². The first-order chi connectivity index (χ1) is 7.63. The van der Waals surface area contributed by atoms with Crippen molar-refractivity contribution in [3.05, 3.63) is 33.8 Å². The molecule has 0 bridgehead atoms. The van der Waals surface area contributed by atoms with E-state index in [-0.39, 0.29) is 5.96 Å². The Morgan fingerprint density at radius 3 is 2.81 bits per heavy atom. The van der Waals surface area contributed by atoms with Crippen molar-refractivity contribution in [2.75, 3.05) is 6.54 Å². The molecule has 4 nitrogen and oxygen atoms in total. The monoisotopic (exact) mass is 256 g/mol. The summed E-state index contributed by atoms with van der Waals surface area (Å²) in [4.78, 5) is 3.95. The van der Waals surface area contributed by atoms with Crippen molar-refractivity contribution in [1.29, 1.82) is 5.26 Å². The van der Waals surface area contributed by atoms with Crippen molar-refractivity contribution in [3.8, 4) is 6.19 Å². The van der Waals surface area contributed by atoms with E-state index in [2.05, 4.69) is 10.3 Å². The number of aliphatic imine (C=N–C) groups is 1. The highest BCUT2D eigenvalue weighted by molar-refractivity contribution is 6.42. The Labute approximate surface area is 104 Å². The van der Waals surface area contributed by atoms with E-state index >= 15 is 0 Å². The van der Waals surface area contributed by atoms with Crippen molar-refractivity contribution in [3.63, 3.8) is 0 Å². The van der Waals surface area contributed by atoms with Gasteiger partial charge in [-0.15, -0.1) is 0 Å². The predicted molar refractivity (Wildman–Crippen MR) is 65.4 cm³/mol. The fourth-order valence-corrected chi connectivity index (χ4v) is 1.42. The molecule has 0 aliphatic carbocycles. The SMILES string of the molecule is N#CNC(N)=NCCc1ccc(Cl)c(Cl)c1. The lowest BCUT2D eigenvalue weighted by Gasteiger charge is -2.01. The molecular weight excluding hydrogens is 247 g/mol. The van der Waals surface area contributed by atoms with Gasteiger partial charge in [0.05, 0.1) is 10.0 Å². The summed E-state index contributed by atoms with van der Waals surface area (Å²) in [7, 11) is 0. The molecule has 16 heavy (non-hydrogen) atoms. The zero-order valence-electron chi connectivity index (χ0n) is 8.37. The maximum absolute atomic E-state index is 8.27. The van der Waals surface area contributed by atoms with Crippen LogP contribution < -0.4 is 11.1 Å². The zero-order valence-corrected chi connectivity index (χ0v) is 9.89. The number of nitrogens with zero attached hydrogens (tertiary/aromatic N) is 2.